The normalized spacial score (nSPS) is 11.9. The van der Waals surface area contributed by atoms with Gasteiger partial charge in [-0.3, -0.25) is 4.18 Å². The summed E-state index contributed by atoms with van der Waals surface area (Å²) < 4.78 is 51.1. The zero-order valence-corrected chi connectivity index (χ0v) is 12.9. The molecule has 0 radical (unpaired) electrons. The second kappa shape index (κ2) is 13.7. The van der Waals surface area contributed by atoms with Gasteiger partial charge in [0.1, 0.15) is 6.79 Å². The fourth-order valence-electron chi connectivity index (χ4n) is 1.00. The van der Waals surface area contributed by atoms with Gasteiger partial charge in [0.25, 0.3) is 10.1 Å². The van der Waals surface area contributed by atoms with E-state index in [-0.39, 0.29) is 20.0 Å². The maximum Gasteiger partial charge on any atom is 0.264 e. The molecule has 0 aliphatic carbocycles. The van der Waals surface area contributed by atoms with Crippen LogP contribution in [-0.4, -0.2) is 81.4 Å². The Kier molecular flexibility index (Phi) is 13.5. The molecule has 0 aromatic rings. The van der Waals surface area contributed by atoms with Crippen LogP contribution in [0.1, 0.15) is 0 Å². The first-order valence-corrected chi connectivity index (χ1v) is 8.02. The summed E-state index contributed by atoms with van der Waals surface area (Å²) in [6.07, 6.45) is 0.995. The minimum Gasteiger partial charge on any atom is -0.382 e. The van der Waals surface area contributed by atoms with E-state index in [0.29, 0.717) is 39.6 Å². The van der Waals surface area contributed by atoms with Crippen molar-refractivity contribution < 1.29 is 36.3 Å². The summed E-state index contributed by atoms with van der Waals surface area (Å²) in [5, 5.41) is 0. The Hall–Kier alpha value is -0.290. The molecule has 122 valence electrons. The molecular weight excluding hydrogens is 292 g/mol. The van der Waals surface area contributed by atoms with Crippen LogP contribution in [0.2, 0.25) is 0 Å². The maximum atomic E-state index is 10.6. The molecule has 0 bridgehead atoms. The van der Waals surface area contributed by atoms with Gasteiger partial charge in [-0.15, -0.1) is 0 Å². The summed E-state index contributed by atoms with van der Waals surface area (Å²) in [5.41, 5.74) is 0. The molecule has 0 aliphatic rings. The van der Waals surface area contributed by atoms with Crippen molar-refractivity contribution in [3.8, 4) is 0 Å². The lowest BCUT2D eigenvalue weighted by Crippen LogP contribution is -2.14. The quantitative estimate of drug-likeness (QED) is 0.230. The molecular formula is C11H24O8S. The fraction of sp³-hybridized carbons (Fsp3) is 1.00. The first-order chi connectivity index (χ1) is 9.56. The van der Waals surface area contributed by atoms with E-state index in [1.165, 1.54) is 0 Å². The zero-order valence-electron chi connectivity index (χ0n) is 12.0. The summed E-state index contributed by atoms with van der Waals surface area (Å²) in [6, 6.07) is 0. The smallest absolute Gasteiger partial charge is 0.264 e. The Bertz CT molecular complexity index is 293. The van der Waals surface area contributed by atoms with E-state index in [9.17, 15) is 8.42 Å². The van der Waals surface area contributed by atoms with Crippen molar-refractivity contribution in [1.29, 1.82) is 0 Å². The third kappa shape index (κ3) is 17.7. The molecule has 0 spiro atoms. The first kappa shape index (κ1) is 19.7. The molecule has 0 heterocycles. The highest BCUT2D eigenvalue weighted by Gasteiger charge is 2.00. The second-order valence-electron chi connectivity index (χ2n) is 3.68. The number of rotatable bonds is 15. The largest absolute Gasteiger partial charge is 0.382 e. The van der Waals surface area contributed by atoms with E-state index >= 15 is 0 Å². The lowest BCUT2D eigenvalue weighted by Gasteiger charge is -2.07. The molecule has 0 unspecified atom stereocenters. The van der Waals surface area contributed by atoms with Gasteiger partial charge in [-0.2, -0.15) is 8.42 Å². The Morgan fingerprint density at radius 2 is 1.15 bits per heavy atom. The number of hydrogen-bond donors (Lipinski definition) is 0. The van der Waals surface area contributed by atoms with Gasteiger partial charge in [0.2, 0.25) is 0 Å². The zero-order chi connectivity index (χ0) is 15.1. The van der Waals surface area contributed by atoms with Gasteiger partial charge >= 0.3 is 0 Å². The summed E-state index contributed by atoms with van der Waals surface area (Å²) in [6.45, 7) is 3.14. The molecule has 0 aromatic carbocycles. The molecule has 0 saturated carbocycles. The predicted octanol–water partition coefficient (Wildman–Crippen LogP) is -0.367. The van der Waals surface area contributed by atoms with Crippen LogP contribution in [0.15, 0.2) is 0 Å². The van der Waals surface area contributed by atoms with E-state index in [1.807, 2.05) is 0 Å². The van der Waals surface area contributed by atoms with E-state index in [4.69, 9.17) is 23.7 Å². The van der Waals surface area contributed by atoms with Crippen LogP contribution in [0, 0.1) is 0 Å². The molecule has 0 rings (SSSR count). The Morgan fingerprint density at radius 1 is 0.700 bits per heavy atom. The lowest BCUT2D eigenvalue weighted by molar-refractivity contribution is -0.0810. The summed E-state index contributed by atoms with van der Waals surface area (Å²) in [4.78, 5) is 0. The highest BCUT2D eigenvalue weighted by atomic mass is 32.2. The van der Waals surface area contributed by atoms with Gasteiger partial charge < -0.3 is 23.7 Å². The molecule has 0 N–H and O–H groups in total. The average molecular weight is 316 g/mol. The van der Waals surface area contributed by atoms with Crippen molar-refractivity contribution in [3.05, 3.63) is 0 Å². The molecule has 8 nitrogen and oxygen atoms in total. The van der Waals surface area contributed by atoms with Crippen LogP contribution in [0.3, 0.4) is 0 Å². The standard InChI is InChI=1S/C11H24O8S/c1-14-3-4-17-11-18-8-7-15-5-6-16-9-10-19-20(2,12)13/h3-11H2,1-2H3. The second-order valence-corrected chi connectivity index (χ2v) is 5.32. The molecule has 0 amide bonds. The van der Waals surface area contributed by atoms with Gasteiger partial charge in [-0.1, -0.05) is 0 Å². The van der Waals surface area contributed by atoms with Gasteiger partial charge in [0, 0.05) is 7.11 Å². The van der Waals surface area contributed by atoms with Crippen LogP contribution in [0.5, 0.6) is 0 Å². The summed E-state index contributed by atoms with van der Waals surface area (Å²) >= 11 is 0. The predicted molar refractivity (Wildman–Crippen MR) is 71.1 cm³/mol. The number of hydrogen-bond acceptors (Lipinski definition) is 8. The molecule has 0 aliphatic heterocycles. The van der Waals surface area contributed by atoms with Crippen LogP contribution in [0.25, 0.3) is 0 Å². The van der Waals surface area contributed by atoms with Crippen molar-refractivity contribution >= 4 is 10.1 Å². The Balaban J connectivity index is 3.03. The van der Waals surface area contributed by atoms with Crippen molar-refractivity contribution in [3.63, 3.8) is 0 Å². The average Bonchev–Trinajstić information content (AvgIpc) is 2.38. The van der Waals surface area contributed by atoms with E-state index in [1.54, 1.807) is 7.11 Å². The van der Waals surface area contributed by atoms with Crippen LogP contribution >= 0.6 is 0 Å². The van der Waals surface area contributed by atoms with Crippen molar-refractivity contribution in [2.24, 2.45) is 0 Å². The third-order valence-electron chi connectivity index (χ3n) is 1.87. The van der Waals surface area contributed by atoms with Crippen LogP contribution < -0.4 is 0 Å². The first-order valence-electron chi connectivity index (χ1n) is 6.20. The number of methoxy groups -OCH3 is 1. The minimum absolute atomic E-state index is 0.0146. The Labute approximate surface area is 120 Å². The molecule has 20 heavy (non-hydrogen) atoms. The van der Waals surface area contributed by atoms with Crippen molar-refractivity contribution in [2.75, 3.05) is 73.0 Å². The van der Waals surface area contributed by atoms with Crippen molar-refractivity contribution in [1.82, 2.24) is 0 Å². The van der Waals surface area contributed by atoms with E-state index in [2.05, 4.69) is 4.18 Å². The van der Waals surface area contributed by atoms with Gasteiger partial charge in [-0.25, -0.2) is 0 Å². The third-order valence-corrected chi connectivity index (χ3v) is 2.46. The highest BCUT2D eigenvalue weighted by Crippen LogP contribution is 1.87. The SMILES string of the molecule is COCCOCOCCOCCOCCOS(C)(=O)=O. The molecule has 9 heteroatoms. The van der Waals surface area contributed by atoms with Crippen molar-refractivity contribution in [2.45, 2.75) is 0 Å². The minimum atomic E-state index is -3.39. The molecule has 0 aromatic heterocycles. The van der Waals surface area contributed by atoms with Gasteiger partial charge in [-0.05, 0) is 0 Å². The highest BCUT2D eigenvalue weighted by molar-refractivity contribution is 7.85. The van der Waals surface area contributed by atoms with Crippen LogP contribution in [-0.2, 0) is 38.0 Å². The molecule has 0 saturated heterocycles. The number of ether oxygens (including phenoxy) is 5. The summed E-state index contributed by atoms with van der Waals surface area (Å²) in [7, 11) is -1.78. The fourth-order valence-corrected chi connectivity index (χ4v) is 1.37. The maximum absolute atomic E-state index is 10.6. The van der Waals surface area contributed by atoms with E-state index < -0.39 is 10.1 Å². The van der Waals surface area contributed by atoms with Crippen LogP contribution in [0.4, 0.5) is 0 Å². The summed E-state index contributed by atoms with van der Waals surface area (Å²) in [5.74, 6) is 0. The lowest BCUT2D eigenvalue weighted by atomic mass is 10.7. The monoisotopic (exact) mass is 316 g/mol. The topological polar surface area (TPSA) is 89.5 Å². The van der Waals surface area contributed by atoms with E-state index in [0.717, 1.165) is 6.26 Å². The van der Waals surface area contributed by atoms with Gasteiger partial charge in [0.15, 0.2) is 0 Å². The molecule has 0 atom stereocenters. The molecule has 0 fully saturated rings. The van der Waals surface area contributed by atoms with Gasteiger partial charge in [0.05, 0.1) is 59.1 Å². The Morgan fingerprint density at radius 3 is 1.65 bits per heavy atom.